The second-order valence-electron chi connectivity index (χ2n) is 2.63. The van der Waals surface area contributed by atoms with Gasteiger partial charge in [0.15, 0.2) is 0 Å². The Labute approximate surface area is 81.3 Å². The van der Waals surface area contributed by atoms with Gasteiger partial charge in [-0.2, -0.15) is 0 Å². The van der Waals surface area contributed by atoms with Crippen LogP contribution >= 0.6 is 0 Å². The number of aliphatic carboxylic acids is 2. The SMILES string of the molecule is COC=C(C(=O)O)C(C)=C(C)C(=O)O. The van der Waals surface area contributed by atoms with Crippen LogP contribution in [0, 0.1) is 0 Å². The lowest BCUT2D eigenvalue weighted by Gasteiger charge is -2.04. The molecule has 0 aromatic heterocycles. The van der Waals surface area contributed by atoms with Gasteiger partial charge in [0.2, 0.25) is 0 Å². The molecule has 0 radical (unpaired) electrons. The second kappa shape index (κ2) is 5.06. The number of hydrogen-bond acceptors (Lipinski definition) is 3. The minimum atomic E-state index is -1.22. The van der Waals surface area contributed by atoms with E-state index in [1.165, 1.54) is 21.0 Å². The minimum absolute atomic E-state index is 0.0179. The van der Waals surface area contributed by atoms with Gasteiger partial charge in [-0.25, -0.2) is 9.59 Å². The molecule has 0 spiro atoms. The fourth-order valence-corrected chi connectivity index (χ4v) is 0.779. The summed E-state index contributed by atoms with van der Waals surface area (Å²) in [5.74, 6) is -2.37. The molecule has 0 fully saturated rings. The first-order valence-electron chi connectivity index (χ1n) is 3.79. The van der Waals surface area contributed by atoms with Crippen molar-refractivity contribution in [1.82, 2.24) is 0 Å². The average molecular weight is 200 g/mol. The number of methoxy groups -OCH3 is 1. The van der Waals surface area contributed by atoms with Crippen LogP contribution in [0.25, 0.3) is 0 Å². The Bertz CT molecular complexity index is 311. The minimum Gasteiger partial charge on any atom is -0.503 e. The Hall–Kier alpha value is -1.78. The van der Waals surface area contributed by atoms with Crippen molar-refractivity contribution in [2.45, 2.75) is 13.8 Å². The smallest absolute Gasteiger partial charge is 0.339 e. The second-order valence-corrected chi connectivity index (χ2v) is 2.63. The fraction of sp³-hybridized carbons (Fsp3) is 0.333. The summed E-state index contributed by atoms with van der Waals surface area (Å²) in [7, 11) is 1.30. The van der Waals surface area contributed by atoms with Gasteiger partial charge in [0, 0.05) is 5.57 Å². The summed E-state index contributed by atoms with van der Waals surface area (Å²) in [6.07, 6.45) is 1.00. The van der Waals surface area contributed by atoms with Crippen LogP contribution < -0.4 is 0 Å². The van der Waals surface area contributed by atoms with Gasteiger partial charge in [-0.05, 0) is 19.4 Å². The van der Waals surface area contributed by atoms with Crippen LogP contribution in [-0.2, 0) is 14.3 Å². The maximum Gasteiger partial charge on any atom is 0.339 e. The van der Waals surface area contributed by atoms with Gasteiger partial charge in [0.05, 0.1) is 18.9 Å². The van der Waals surface area contributed by atoms with E-state index in [9.17, 15) is 9.59 Å². The number of hydrogen-bond donors (Lipinski definition) is 2. The van der Waals surface area contributed by atoms with Crippen molar-refractivity contribution in [3.05, 3.63) is 23.0 Å². The molecule has 0 heterocycles. The molecule has 0 amide bonds. The van der Waals surface area contributed by atoms with Crippen LogP contribution in [0.2, 0.25) is 0 Å². The summed E-state index contributed by atoms with van der Waals surface area (Å²) in [6, 6.07) is 0. The van der Waals surface area contributed by atoms with Gasteiger partial charge >= 0.3 is 11.9 Å². The van der Waals surface area contributed by atoms with E-state index in [-0.39, 0.29) is 16.7 Å². The summed E-state index contributed by atoms with van der Waals surface area (Å²) in [5.41, 5.74) is -0.00468. The molecule has 0 aromatic carbocycles. The van der Waals surface area contributed by atoms with Gasteiger partial charge in [0.25, 0.3) is 0 Å². The molecule has 0 atom stereocenters. The van der Waals surface area contributed by atoms with E-state index >= 15 is 0 Å². The zero-order valence-corrected chi connectivity index (χ0v) is 8.20. The van der Waals surface area contributed by atoms with Gasteiger partial charge in [-0.15, -0.1) is 0 Å². The molecule has 2 N–H and O–H groups in total. The number of carboxylic acids is 2. The van der Waals surface area contributed by atoms with Crippen LogP contribution in [0.15, 0.2) is 23.0 Å². The standard InChI is InChI=1S/C9H12O5/c1-5(6(2)8(10)11)7(4-14-3)9(12)13/h4H,1-3H3,(H,10,11)(H,12,13). The van der Waals surface area contributed by atoms with E-state index in [1.807, 2.05) is 0 Å². The molecule has 78 valence electrons. The number of rotatable bonds is 4. The Balaban J connectivity index is 5.25. The first-order valence-corrected chi connectivity index (χ1v) is 3.79. The van der Waals surface area contributed by atoms with E-state index in [1.54, 1.807) is 0 Å². The molecular formula is C9H12O5. The molecule has 0 saturated heterocycles. The lowest BCUT2D eigenvalue weighted by Crippen LogP contribution is -2.08. The zero-order chi connectivity index (χ0) is 11.3. The summed E-state index contributed by atoms with van der Waals surface area (Å²) in [4.78, 5) is 21.2. The molecule has 0 unspecified atom stereocenters. The molecule has 5 heteroatoms. The third-order valence-electron chi connectivity index (χ3n) is 1.75. The zero-order valence-electron chi connectivity index (χ0n) is 8.20. The van der Waals surface area contributed by atoms with E-state index in [2.05, 4.69) is 4.74 Å². The highest BCUT2D eigenvalue weighted by Gasteiger charge is 2.15. The van der Waals surface area contributed by atoms with Crippen molar-refractivity contribution in [3.63, 3.8) is 0 Å². The lowest BCUT2D eigenvalue weighted by atomic mass is 10.0. The van der Waals surface area contributed by atoms with Crippen LogP contribution in [0.1, 0.15) is 13.8 Å². The van der Waals surface area contributed by atoms with Gasteiger partial charge < -0.3 is 14.9 Å². The summed E-state index contributed by atoms with van der Waals surface area (Å²) in [5, 5.41) is 17.4. The quantitative estimate of drug-likeness (QED) is 0.402. The molecule has 0 bridgehead atoms. The highest BCUT2D eigenvalue weighted by molar-refractivity contribution is 5.96. The van der Waals surface area contributed by atoms with Gasteiger partial charge in [0.1, 0.15) is 0 Å². The van der Waals surface area contributed by atoms with Crippen molar-refractivity contribution < 1.29 is 24.5 Å². The van der Waals surface area contributed by atoms with E-state index < -0.39 is 11.9 Å². The Kier molecular flexibility index (Phi) is 4.42. The van der Waals surface area contributed by atoms with Crippen molar-refractivity contribution in [2.24, 2.45) is 0 Å². The van der Waals surface area contributed by atoms with Gasteiger partial charge in [-0.1, -0.05) is 0 Å². The maximum atomic E-state index is 10.7. The maximum absolute atomic E-state index is 10.7. The fourth-order valence-electron chi connectivity index (χ4n) is 0.779. The summed E-state index contributed by atoms with van der Waals surface area (Å²) < 4.78 is 4.55. The number of carboxylic acid groups (broad SMARTS) is 2. The Morgan fingerprint density at radius 2 is 1.57 bits per heavy atom. The van der Waals surface area contributed by atoms with Crippen LogP contribution in [0.5, 0.6) is 0 Å². The van der Waals surface area contributed by atoms with Crippen LogP contribution in [0.3, 0.4) is 0 Å². The Morgan fingerprint density at radius 3 is 1.86 bits per heavy atom. The van der Waals surface area contributed by atoms with Crippen molar-refractivity contribution in [3.8, 4) is 0 Å². The third-order valence-corrected chi connectivity index (χ3v) is 1.75. The molecule has 0 aromatic rings. The topological polar surface area (TPSA) is 83.8 Å². The predicted molar refractivity (Wildman–Crippen MR) is 48.7 cm³/mol. The van der Waals surface area contributed by atoms with Crippen LogP contribution in [-0.4, -0.2) is 29.3 Å². The van der Waals surface area contributed by atoms with E-state index in [0.29, 0.717) is 0 Å². The molecule has 0 aliphatic heterocycles. The van der Waals surface area contributed by atoms with Crippen LogP contribution in [0.4, 0.5) is 0 Å². The largest absolute Gasteiger partial charge is 0.503 e. The monoisotopic (exact) mass is 200 g/mol. The normalized spacial score (nSPS) is 13.2. The average Bonchev–Trinajstić information content (AvgIpc) is 2.11. The third kappa shape index (κ3) is 2.93. The molecule has 0 saturated carbocycles. The molecule has 0 rings (SSSR count). The van der Waals surface area contributed by atoms with E-state index in [4.69, 9.17) is 10.2 Å². The highest BCUT2D eigenvalue weighted by atomic mass is 16.5. The number of ether oxygens (including phenoxy) is 1. The highest BCUT2D eigenvalue weighted by Crippen LogP contribution is 2.14. The first kappa shape index (κ1) is 12.2. The molecule has 0 aliphatic carbocycles. The molecular weight excluding hydrogens is 188 g/mol. The van der Waals surface area contributed by atoms with E-state index in [0.717, 1.165) is 6.26 Å². The summed E-state index contributed by atoms with van der Waals surface area (Å²) >= 11 is 0. The first-order chi connectivity index (χ1) is 6.41. The molecule has 5 nitrogen and oxygen atoms in total. The van der Waals surface area contributed by atoms with Crippen molar-refractivity contribution in [2.75, 3.05) is 7.11 Å². The lowest BCUT2D eigenvalue weighted by molar-refractivity contribution is -0.132. The molecule has 14 heavy (non-hydrogen) atoms. The Morgan fingerprint density at radius 1 is 1.07 bits per heavy atom. The number of carbonyl (C=O) groups is 2. The predicted octanol–water partition coefficient (Wildman–Crippen LogP) is 1.02. The molecule has 0 aliphatic rings. The van der Waals surface area contributed by atoms with Crippen molar-refractivity contribution >= 4 is 11.9 Å². The summed E-state index contributed by atoms with van der Waals surface area (Å²) in [6.45, 7) is 2.76. The van der Waals surface area contributed by atoms with Gasteiger partial charge in [-0.3, -0.25) is 0 Å². The van der Waals surface area contributed by atoms with Crippen molar-refractivity contribution in [1.29, 1.82) is 0 Å².